The molecule has 0 saturated carbocycles. The van der Waals surface area contributed by atoms with E-state index in [0.29, 0.717) is 37.1 Å². The summed E-state index contributed by atoms with van der Waals surface area (Å²) in [5.74, 6) is -0.806. The van der Waals surface area contributed by atoms with Crippen LogP contribution in [-0.4, -0.2) is 51.1 Å². The molecule has 0 bridgehead atoms. The highest BCUT2D eigenvalue weighted by molar-refractivity contribution is 8.01. The van der Waals surface area contributed by atoms with E-state index < -0.39 is 22.6 Å². The highest BCUT2D eigenvalue weighted by Crippen LogP contribution is 2.45. The number of fused-ring (bicyclic) bond motifs is 1. The Kier molecular flexibility index (Phi) is 8.02. The Hall–Kier alpha value is -2.89. The van der Waals surface area contributed by atoms with Crippen molar-refractivity contribution in [1.82, 2.24) is 4.90 Å². The molecule has 2 amide bonds. The van der Waals surface area contributed by atoms with Gasteiger partial charge in [0.15, 0.2) is 11.5 Å². The number of ether oxygens (including phenoxy) is 2. The summed E-state index contributed by atoms with van der Waals surface area (Å²) in [4.78, 5) is 40.6. The van der Waals surface area contributed by atoms with Gasteiger partial charge in [-0.25, -0.2) is 0 Å². The Morgan fingerprint density at radius 3 is 2.41 bits per heavy atom. The summed E-state index contributed by atoms with van der Waals surface area (Å²) in [5, 5.41) is 12.0. The van der Waals surface area contributed by atoms with Crippen molar-refractivity contribution in [2.24, 2.45) is 0 Å². The molecule has 1 fully saturated rings. The van der Waals surface area contributed by atoms with Crippen molar-refractivity contribution in [3.05, 3.63) is 80.8 Å². The first-order valence-electron chi connectivity index (χ1n) is 11.4. The number of thioether (sulfide) groups is 1. The number of carbonyl (C=O) groups excluding carboxylic acids is 2. The Balaban J connectivity index is 1.37. The lowest BCUT2D eigenvalue weighted by molar-refractivity contribution is -0.143. The molecule has 1 N–H and O–H groups in total. The number of carboxylic acids is 1. The van der Waals surface area contributed by atoms with Gasteiger partial charge in [-0.2, -0.15) is 0 Å². The van der Waals surface area contributed by atoms with Gasteiger partial charge in [-0.05, 0) is 47.8 Å². The second kappa shape index (κ2) is 11.3. The molecule has 2 aliphatic rings. The number of carbonyl (C=O) groups is 3. The van der Waals surface area contributed by atoms with Gasteiger partial charge in [-0.1, -0.05) is 34.8 Å². The minimum atomic E-state index is -1.09. The summed E-state index contributed by atoms with van der Waals surface area (Å²) >= 11 is 20.8. The summed E-state index contributed by atoms with van der Waals surface area (Å²) in [6.07, 6.45) is 1.49. The number of hydrogen-bond acceptors (Lipinski definition) is 7. The van der Waals surface area contributed by atoms with Gasteiger partial charge in [0.25, 0.3) is 5.91 Å². The average Bonchev–Trinajstić information content (AvgIpc) is 3.42. The van der Waals surface area contributed by atoms with Crippen LogP contribution in [-0.2, 0) is 14.4 Å². The van der Waals surface area contributed by atoms with E-state index in [1.165, 1.54) is 46.4 Å². The molecule has 2 unspecified atom stereocenters. The third-order valence-corrected chi connectivity index (χ3v) is 9.14. The molecule has 1 saturated heterocycles. The molecule has 0 aliphatic carbocycles. The van der Waals surface area contributed by atoms with Crippen LogP contribution in [0, 0.1) is 0 Å². The van der Waals surface area contributed by atoms with E-state index in [1.54, 1.807) is 36.4 Å². The van der Waals surface area contributed by atoms with Gasteiger partial charge in [0.05, 0.1) is 10.0 Å². The average molecular weight is 626 g/mol. The molecule has 39 heavy (non-hydrogen) atoms. The van der Waals surface area contributed by atoms with E-state index in [-0.39, 0.29) is 24.2 Å². The quantitative estimate of drug-likeness (QED) is 0.284. The fraction of sp³-hybridized carbons (Fsp3) is 0.192. The zero-order valence-corrected chi connectivity index (χ0v) is 23.9. The van der Waals surface area contributed by atoms with Crippen LogP contribution in [0.25, 0.3) is 0 Å². The van der Waals surface area contributed by atoms with Gasteiger partial charge in [0, 0.05) is 34.8 Å². The summed E-state index contributed by atoms with van der Waals surface area (Å²) in [6, 6.07) is 12.3. The van der Waals surface area contributed by atoms with Crippen molar-refractivity contribution in [2.45, 2.75) is 23.6 Å². The van der Waals surface area contributed by atoms with Crippen molar-refractivity contribution in [3.63, 3.8) is 0 Å². The first-order valence-corrected chi connectivity index (χ1v) is 14.4. The second-order valence-corrected chi connectivity index (χ2v) is 12.0. The predicted molar refractivity (Wildman–Crippen MR) is 152 cm³/mol. The van der Waals surface area contributed by atoms with Crippen molar-refractivity contribution >= 4 is 80.7 Å². The number of β-lactam (4-membered cyclic amide) rings is 1. The molecule has 2 aromatic carbocycles. The van der Waals surface area contributed by atoms with Crippen LogP contribution in [0.2, 0.25) is 15.1 Å². The van der Waals surface area contributed by atoms with E-state index in [2.05, 4.69) is 0 Å². The monoisotopic (exact) mass is 624 g/mol. The smallest absolute Gasteiger partial charge is 0.321 e. The first-order chi connectivity index (χ1) is 18.6. The van der Waals surface area contributed by atoms with Crippen molar-refractivity contribution in [1.29, 1.82) is 0 Å². The molecule has 3 aromatic rings. The minimum absolute atomic E-state index is 0.155. The third-order valence-electron chi connectivity index (χ3n) is 5.97. The zero-order chi connectivity index (χ0) is 27.8. The van der Waals surface area contributed by atoms with Gasteiger partial charge in [-0.3, -0.25) is 19.3 Å². The van der Waals surface area contributed by atoms with Crippen molar-refractivity contribution < 1.29 is 29.0 Å². The van der Waals surface area contributed by atoms with Crippen LogP contribution >= 0.6 is 57.9 Å². The molecule has 0 radical (unpaired) electrons. The Morgan fingerprint density at radius 2 is 1.77 bits per heavy atom. The number of halogens is 3. The largest absolute Gasteiger partial charge is 0.485 e. The number of hydrogen-bond donors (Lipinski definition) is 1. The number of thiophene rings is 1. The lowest BCUT2D eigenvalue weighted by Gasteiger charge is -2.51. The molecule has 3 heterocycles. The maximum atomic E-state index is 13.1. The zero-order valence-electron chi connectivity index (χ0n) is 20.0. The van der Waals surface area contributed by atoms with E-state index in [0.717, 1.165) is 11.8 Å². The summed E-state index contributed by atoms with van der Waals surface area (Å²) in [7, 11) is 0. The molecular weight excluding hydrogens is 607 g/mol. The van der Waals surface area contributed by atoms with E-state index >= 15 is 0 Å². The summed E-state index contributed by atoms with van der Waals surface area (Å²) in [6.45, 7) is 1.23. The number of aliphatic carboxylic acids is 1. The highest BCUT2D eigenvalue weighted by atomic mass is 35.5. The first kappa shape index (κ1) is 27.7. The molecule has 2 aliphatic heterocycles. The van der Waals surface area contributed by atoms with Gasteiger partial charge >= 0.3 is 5.97 Å². The standard InChI is InChI=1S/C26H19Cl3N2O6S2/c1-13(32)31(21-3-2-8-38-21)22-24(33)30-11-14(23(26(34)35)39-25(22)30)12-36-20-10-16(28)5-7-19(20)37-18-6-4-15(27)9-17(18)29/h2-11,22-23,25H,12H2,1H3,(H,34,35)/t22?,23?,25-/m1/s1. The van der Waals surface area contributed by atoms with Crippen LogP contribution in [0.4, 0.5) is 5.00 Å². The minimum Gasteiger partial charge on any atom is -0.485 e. The maximum absolute atomic E-state index is 13.1. The normalized spacial score (nSPS) is 20.0. The maximum Gasteiger partial charge on any atom is 0.321 e. The van der Waals surface area contributed by atoms with Crippen LogP contribution in [0.1, 0.15) is 6.92 Å². The molecule has 0 spiro atoms. The van der Waals surface area contributed by atoms with E-state index in [4.69, 9.17) is 44.3 Å². The lowest BCUT2D eigenvalue weighted by Crippen LogP contribution is -2.70. The van der Waals surface area contributed by atoms with Gasteiger partial charge in [0.2, 0.25) is 5.91 Å². The Morgan fingerprint density at radius 1 is 1.05 bits per heavy atom. The van der Waals surface area contributed by atoms with Crippen molar-refractivity contribution in [2.75, 3.05) is 11.5 Å². The number of amides is 2. The third kappa shape index (κ3) is 5.57. The number of rotatable bonds is 8. The second-order valence-electron chi connectivity index (χ2n) is 8.54. The summed E-state index contributed by atoms with van der Waals surface area (Å²) < 4.78 is 11.9. The molecule has 202 valence electrons. The van der Waals surface area contributed by atoms with Gasteiger partial charge in [0.1, 0.15) is 29.0 Å². The SMILES string of the molecule is CC(=O)N(c1cccs1)C1C(=O)N2C=C(COc3cc(Cl)ccc3Oc3ccc(Cl)cc3Cl)C(C(=O)O)S[C@H]12. The molecule has 5 rings (SSSR count). The molecule has 3 atom stereocenters. The van der Waals surface area contributed by atoms with Crippen LogP contribution in [0.15, 0.2) is 65.7 Å². The van der Waals surface area contributed by atoms with E-state index in [9.17, 15) is 19.5 Å². The van der Waals surface area contributed by atoms with Gasteiger partial charge < -0.3 is 19.5 Å². The topological polar surface area (TPSA) is 96.4 Å². The fourth-order valence-corrected chi connectivity index (χ4v) is 7.00. The van der Waals surface area contributed by atoms with E-state index in [1.807, 2.05) is 5.38 Å². The number of carboxylic acid groups (broad SMARTS) is 1. The fourth-order valence-electron chi connectivity index (χ4n) is 4.20. The lowest BCUT2D eigenvalue weighted by atomic mass is 10.0. The van der Waals surface area contributed by atoms with Crippen LogP contribution in [0.5, 0.6) is 17.2 Å². The van der Waals surface area contributed by atoms with Gasteiger partial charge in [-0.15, -0.1) is 23.1 Å². The molecule has 1 aromatic heterocycles. The number of benzene rings is 2. The number of anilines is 1. The van der Waals surface area contributed by atoms with Crippen LogP contribution < -0.4 is 14.4 Å². The molecule has 13 heteroatoms. The predicted octanol–water partition coefficient (Wildman–Crippen LogP) is 6.55. The van der Waals surface area contributed by atoms with Crippen molar-refractivity contribution in [3.8, 4) is 17.2 Å². The van der Waals surface area contributed by atoms with Crippen LogP contribution in [0.3, 0.4) is 0 Å². The highest BCUT2D eigenvalue weighted by Gasteiger charge is 2.55. The summed E-state index contributed by atoms with van der Waals surface area (Å²) in [5.41, 5.74) is 0.358. The molecule has 8 nitrogen and oxygen atoms in total. The number of nitrogens with zero attached hydrogens (tertiary/aromatic N) is 2. The Bertz CT molecular complexity index is 1480. The Labute approximate surface area is 246 Å². The molecular formula is C26H19Cl3N2O6S2.